The zero-order chi connectivity index (χ0) is 17.6. The van der Waals surface area contributed by atoms with Crippen LogP contribution >= 0.6 is 0 Å². The fraction of sp³-hybridized carbons (Fsp3) is 0.429. The number of carboxylic acid groups (broad SMARTS) is 1. The standard InChI is InChI=1S/C14H20N4O5/c1-7(8(2)17-14(23)9(15)6-11(20)21)13(22)18-12-10(19)4-3-5-16-12/h3-5,7-9,19H,6,15H2,1-2H3,(H,17,23)(H,20,21)(H,16,18,22)/t7?,8?,9-/m0/s1. The first kappa shape index (κ1) is 18.4. The van der Waals surface area contributed by atoms with Gasteiger partial charge in [-0.25, -0.2) is 4.98 Å². The van der Waals surface area contributed by atoms with Crippen LogP contribution in [0.15, 0.2) is 18.3 Å². The van der Waals surface area contributed by atoms with E-state index >= 15 is 0 Å². The lowest BCUT2D eigenvalue weighted by atomic mass is 10.0. The average molecular weight is 324 g/mol. The van der Waals surface area contributed by atoms with E-state index in [4.69, 9.17) is 10.8 Å². The van der Waals surface area contributed by atoms with Crippen molar-refractivity contribution in [2.75, 3.05) is 5.32 Å². The summed E-state index contributed by atoms with van der Waals surface area (Å²) in [5.74, 6) is -3.10. The maximum atomic E-state index is 12.1. The van der Waals surface area contributed by atoms with Crippen molar-refractivity contribution in [3.63, 3.8) is 0 Å². The van der Waals surface area contributed by atoms with Crippen molar-refractivity contribution in [1.29, 1.82) is 0 Å². The fourth-order valence-corrected chi connectivity index (χ4v) is 1.69. The highest BCUT2D eigenvalue weighted by Gasteiger charge is 2.25. The van der Waals surface area contributed by atoms with Gasteiger partial charge in [0.2, 0.25) is 11.8 Å². The van der Waals surface area contributed by atoms with Crippen LogP contribution in [0.3, 0.4) is 0 Å². The molecule has 0 spiro atoms. The van der Waals surface area contributed by atoms with Gasteiger partial charge >= 0.3 is 5.97 Å². The highest BCUT2D eigenvalue weighted by Crippen LogP contribution is 2.19. The number of pyridine rings is 1. The maximum Gasteiger partial charge on any atom is 0.305 e. The van der Waals surface area contributed by atoms with Gasteiger partial charge in [0.25, 0.3) is 0 Å². The van der Waals surface area contributed by atoms with Crippen molar-refractivity contribution in [2.24, 2.45) is 11.7 Å². The van der Waals surface area contributed by atoms with E-state index in [9.17, 15) is 19.5 Å². The van der Waals surface area contributed by atoms with E-state index < -0.39 is 42.2 Å². The van der Waals surface area contributed by atoms with Crippen LogP contribution in [0.4, 0.5) is 5.82 Å². The third kappa shape index (κ3) is 5.55. The molecule has 2 unspecified atom stereocenters. The number of aromatic hydroxyl groups is 1. The summed E-state index contributed by atoms with van der Waals surface area (Å²) in [5, 5.41) is 23.1. The number of carboxylic acids is 1. The molecular formula is C14H20N4O5. The molecule has 3 atom stereocenters. The number of anilines is 1. The number of hydrogen-bond acceptors (Lipinski definition) is 6. The molecule has 0 saturated heterocycles. The molecule has 1 aromatic heterocycles. The van der Waals surface area contributed by atoms with Crippen LogP contribution in [0, 0.1) is 5.92 Å². The molecule has 0 aliphatic carbocycles. The molecule has 1 aromatic rings. The zero-order valence-electron chi connectivity index (χ0n) is 12.8. The Kier molecular flexibility index (Phi) is 6.46. The fourth-order valence-electron chi connectivity index (χ4n) is 1.69. The third-order valence-corrected chi connectivity index (χ3v) is 3.29. The van der Waals surface area contributed by atoms with E-state index in [-0.39, 0.29) is 11.6 Å². The Balaban J connectivity index is 2.60. The van der Waals surface area contributed by atoms with Crippen LogP contribution in [0.2, 0.25) is 0 Å². The largest absolute Gasteiger partial charge is 0.504 e. The summed E-state index contributed by atoms with van der Waals surface area (Å²) in [5.41, 5.74) is 5.45. The Hall–Kier alpha value is -2.68. The van der Waals surface area contributed by atoms with Crippen LogP contribution in [0.5, 0.6) is 5.75 Å². The number of aliphatic carboxylic acids is 1. The van der Waals surface area contributed by atoms with E-state index in [1.807, 2.05) is 0 Å². The molecule has 23 heavy (non-hydrogen) atoms. The number of nitrogens with zero attached hydrogens (tertiary/aromatic N) is 1. The first-order valence-electron chi connectivity index (χ1n) is 6.95. The van der Waals surface area contributed by atoms with Crippen molar-refractivity contribution in [3.05, 3.63) is 18.3 Å². The molecule has 1 heterocycles. The molecule has 9 nitrogen and oxygen atoms in total. The van der Waals surface area contributed by atoms with E-state index in [2.05, 4.69) is 15.6 Å². The van der Waals surface area contributed by atoms with E-state index in [1.165, 1.54) is 18.3 Å². The van der Waals surface area contributed by atoms with Gasteiger partial charge in [0, 0.05) is 12.2 Å². The topological polar surface area (TPSA) is 155 Å². The van der Waals surface area contributed by atoms with Gasteiger partial charge in [-0.2, -0.15) is 0 Å². The molecule has 0 radical (unpaired) electrons. The summed E-state index contributed by atoms with van der Waals surface area (Å²) in [6, 6.07) is 1.11. The number of aromatic nitrogens is 1. The first-order valence-corrected chi connectivity index (χ1v) is 6.95. The average Bonchev–Trinajstić information content (AvgIpc) is 2.47. The van der Waals surface area contributed by atoms with Crippen molar-refractivity contribution in [1.82, 2.24) is 10.3 Å². The smallest absolute Gasteiger partial charge is 0.305 e. The molecule has 1 rings (SSSR count). The van der Waals surface area contributed by atoms with Gasteiger partial charge in [0.05, 0.1) is 18.4 Å². The molecule has 0 aliphatic rings. The van der Waals surface area contributed by atoms with Crippen LogP contribution in [-0.2, 0) is 14.4 Å². The van der Waals surface area contributed by atoms with Crippen LogP contribution in [-0.4, -0.2) is 45.1 Å². The van der Waals surface area contributed by atoms with Gasteiger partial charge in [-0.05, 0) is 19.1 Å². The summed E-state index contributed by atoms with van der Waals surface area (Å²) in [6.07, 6.45) is 0.914. The molecule has 0 bridgehead atoms. The van der Waals surface area contributed by atoms with Gasteiger partial charge in [-0.3, -0.25) is 14.4 Å². The molecule has 126 valence electrons. The summed E-state index contributed by atoms with van der Waals surface area (Å²) in [7, 11) is 0. The second-order valence-corrected chi connectivity index (χ2v) is 5.15. The Morgan fingerprint density at radius 1 is 1.30 bits per heavy atom. The summed E-state index contributed by atoms with van der Waals surface area (Å²) >= 11 is 0. The molecule has 0 saturated carbocycles. The molecule has 0 fully saturated rings. The Labute approximate surface area is 132 Å². The predicted molar refractivity (Wildman–Crippen MR) is 81.5 cm³/mol. The molecular weight excluding hydrogens is 304 g/mol. The lowest BCUT2D eigenvalue weighted by Gasteiger charge is -2.22. The van der Waals surface area contributed by atoms with Crippen LogP contribution < -0.4 is 16.4 Å². The second kappa shape index (κ2) is 8.08. The van der Waals surface area contributed by atoms with Gasteiger partial charge < -0.3 is 26.6 Å². The Morgan fingerprint density at radius 2 is 1.96 bits per heavy atom. The second-order valence-electron chi connectivity index (χ2n) is 5.15. The lowest BCUT2D eigenvalue weighted by molar-refractivity contribution is -0.139. The van der Waals surface area contributed by atoms with E-state index in [1.54, 1.807) is 13.8 Å². The van der Waals surface area contributed by atoms with Crippen molar-refractivity contribution >= 4 is 23.6 Å². The minimum atomic E-state index is -1.19. The van der Waals surface area contributed by atoms with Crippen LogP contribution in [0.1, 0.15) is 20.3 Å². The quantitative estimate of drug-likeness (QED) is 0.460. The Morgan fingerprint density at radius 3 is 2.52 bits per heavy atom. The number of nitrogens with two attached hydrogens (primary N) is 1. The normalized spacial score (nSPS) is 14.4. The number of hydrogen-bond donors (Lipinski definition) is 5. The highest BCUT2D eigenvalue weighted by atomic mass is 16.4. The van der Waals surface area contributed by atoms with Gasteiger partial charge in [0.15, 0.2) is 11.6 Å². The molecule has 0 aliphatic heterocycles. The van der Waals surface area contributed by atoms with Crippen molar-refractivity contribution in [2.45, 2.75) is 32.4 Å². The molecule has 9 heteroatoms. The summed E-state index contributed by atoms with van der Waals surface area (Å²) in [6.45, 7) is 3.16. The summed E-state index contributed by atoms with van der Waals surface area (Å²) < 4.78 is 0. The van der Waals surface area contributed by atoms with Crippen LogP contribution in [0.25, 0.3) is 0 Å². The summed E-state index contributed by atoms with van der Waals surface area (Å²) in [4.78, 5) is 38.2. The SMILES string of the molecule is CC(NC(=O)[C@@H](N)CC(=O)O)C(C)C(=O)Nc1ncccc1O. The monoisotopic (exact) mass is 324 g/mol. The number of carbonyl (C=O) groups is 3. The van der Waals surface area contributed by atoms with E-state index in [0.717, 1.165) is 0 Å². The van der Waals surface area contributed by atoms with Gasteiger partial charge in [0.1, 0.15) is 0 Å². The third-order valence-electron chi connectivity index (χ3n) is 3.29. The minimum absolute atomic E-state index is 0.0189. The number of amides is 2. The van der Waals surface area contributed by atoms with Gasteiger partial charge in [-0.15, -0.1) is 0 Å². The zero-order valence-corrected chi connectivity index (χ0v) is 12.8. The minimum Gasteiger partial charge on any atom is -0.504 e. The molecule has 2 amide bonds. The number of rotatable bonds is 7. The predicted octanol–water partition coefficient (Wildman–Crippen LogP) is -0.331. The Bertz CT molecular complexity index is 592. The first-order chi connectivity index (χ1) is 10.7. The molecule has 0 aromatic carbocycles. The van der Waals surface area contributed by atoms with Gasteiger partial charge in [-0.1, -0.05) is 6.92 Å². The maximum absolute atomic E-state index is 12.1. The lowest BCUT2D eigenvalue weighted by Crippen LogP contribution is -2.49. The highest BCUT2D eigenvalue weighted by molar-refractivity contribution is 5.93. The number of nitrogens with one attached hydrogen (secondary N) is 2. The van der Waals surface area contributed by atoms with E-state index in [0.29, 0.717) is 0 Å². The molecule has 6 N–H and O–H groups in total. The number of carbonyl (C=O) groups excluding carboxylic acids is 2. The van der Waals surface area contributed by atoms with Crippen molar-refractivity contribution < 1.29 is 24.6 Å². The van der Waals surface area contributed by atoms with Crippen molar-refractivity contribution in [3.8, 4) is 5.75 Å².